The smallest absolute Gasteiger partial charge is 0.244 e. The SMILES string of the molecule is CC[C@@H](C)NC(=O)[C@@H](C)N(Cc1ccc(OC)cc1)C(=O)CN(c1ccc(F)c(Cl)c1)S(C)(=O)=O. The van der Waals surface area contributed by atoms with Gasteiger partial charge in [-0.25, -0.2) is 12.8 Å². The van der Waals surface area contributed by atoms with Gasteiger partial charge in [0.1, 0.15) is 24.2 Å². The van der Waals surface area contributed by atoms with Crippen LogP contribution in [0.4, 0.5) is 10.1 Å². The van der Waals surface area contributed by atoms with Crippen LogP contribution in [-0.4, -0.2) is 57.1 Å². The number of methoxy groups -OCH3 is 1. The van der Waals surface area contributed by atoms with Crippen LogP contribution in [0.2, 0.25) is 5.02 Å². The molecule has 2 rings (SSSR count). The lowest BCUT2D eigenvalue weighted by atomic mass is 10.1. The Labute approximate surface area is 211 Å². The van der Waals surface area contributed by atoms with Crippen molar-refractivity contribution < 1.29 is 27.1 Å². The molecule has 1 N–H and O–H groups in total. The molecule has 0 fully saturated rings. The van der Waals surface area contributed by atoms with Crippen molar-refractivity contribution in [1.82, 2.24) is 10.2 Å². The number of rotatable bonds is 11. The highest BCUT2D eigenvalue weighted by Gasteiger charge is 2.30. The van der Waals surface area contributed by atoms with E-state index in [2.05, 4.69) is 5.32 Å². The number of nitrogens with zero attached hydrogens (tertiary/aromatic N) is 2. The predicted molar refractivity (Wildman–Crippen MR) is 135 cm³/mol. The van der Waals surface area contributed by atoms with Crippen molar-refractivity contribution in [2.45, 2.75) is 45.8 Å². The molecular weight excluding hydrogens is 497 g/mol. The largest absolute Gasteiger partial charge is 0.497 e. The summed E-state index contributed by atoms with van der Waals surface area (Å²) in [6.45, 7) is 4.81. The number of anilines is 1. The van der Waals surface area contributed by atoms with Gasteiger partial charge in [-0.05, 0) is 56.2 Å². The molecule has 0 unspecified atom stereocenters. The molecule has 0 saturated carbocycles. The summed E-state index contributed by atoms with van der Waals surface area (Å²) in [5.41, 5.74) is 0.756. The summed E-state index contributed by atoms with van der Waals surface area (Å²) in [6, 6.07) is 9.36. The van der Waals surface area contributed by atoms with Gasteiger partial charge in [-0.1, -0.05) is 30.7 Å². The molecule has 0 aliphatic carbocycles. The molecule has 2 atom stereocenters. The zero-order chi connectivity index (χ0) is 26.3. The summed E-state index contributed by atoms with van der Waals surface area (Å²) in [6.07, 6.45) is 1.64. The number of hydrogen-bond donors (Lipinski definition) is 1. The van der Waals surface area contributed by atoms with Gasteiger partial charge in [0.05, 0.1) is 24.1 Å². The summed E-state index contributed by atoms with van der Waals surface area (Å²) < 4.78 is 44.7. The number of halogens is 2. The van der Waals surface area contributed by atoms with Crippen molar-refractivity contribution in [1.29, 1.82) is 0 Å². The highest BCUT2D eigenvalue weighted by Crippen LogP contribution is 2.25. The van der Waals surface area contributed by atoms with E-state index in [9.17, 15) is 22.4 Å². The molecule has 0 radical (unpaired) electrons. The Morgan fingerprint density at radius 1 is 1.14 bits per heavy atom. The lowest BCUT2D eigenvalue weighted by Crippen LogP contribution is -2.52. The molecule has 0 spiro atoms. The number of carbonyl (C=O) groups is 2. The van der Waals surface area contributed by atoms with Gasteiger partial charge in [0.15, 0.2) is 0 Å². The van der Waals surface area contributed by atoms with Crippen molar-refractivity contribution in [2.75, 3.05) is 24.2 Å². The van der Waals surface area contributed by atoms with Crippen LogP contribution < -0.4 is 14.4 Å². The molecule has 0 aliphatic heterocycles. The first-order valence-corrected chi connectivity index (χ1v) is 13.3. The maximum absolute atomic E-state index is 13.6. The molecule has 192 valence electrons. The van der Waals surface area contributed by atoms with Gasteiger partial charge in [0.25, 0.3) is 0 Å². The number of ether oxygens (including phenoxy) is 1. The highest BCUT2D eigenvalue weighted by atomic mass is 35.5. The Morgan fingerprint density at radius 2 is 1.77 bits per heavy atom. The zero-order valence-corrected chi connectivity index (χ0v) is 22.0. The van der Waals surface area contributed by atoms with Gasteiger partial charge in [-0.3, -0.25) is 13.9 Å². The van der Waals surface area contributed by atoms with Crippen molar-refractivity contribution >= 4 is 39.1 Å². The van der Waals surface area contributed by atoms with E-state index in [0.717, 1.165) is 28.3 Å². The van der Waals surface area contributed by atoms with Crippen LogP contribution >= 0.6 is 11.6 Å². The quantitative estimate of drug-likeness (QED) is 0.482. The number of amides is 2. The molecule has 2 aromatic rings. The second-order valence-corrected chi connectivity index (χ2v) is 10.5. The molecule has 0 saturated heterocycles. The van der Waals surface area contributed by atoms with E-state index in [0.29, 0.717) is 12.2 Å². The Balaban J connectivity index is 2.40. The molecule has 0 heterocycles. The van der Waals surface area contributed by atoms with Crippen molar-refractivity contribution in [2.24, 2.45) is 0 Å². The third-order valence-electron chi connectivity index (χ3n) is 5.55. The van der Waals surface area contributed by atoms with Crippen molar-refractivity contribution in [3.8, 4) is 5.75 Å². The number of sulfonamides is 1. The highest BCUT2D eigenvalue weighted by molar-refractivity contribution is 7.92. The minimum atomic E-state index is -3.94. The fourth-order valence-electron chi connectivity index (χ4n) is 3.23. The lowest BCUT2D eigenvalue weighted by molar-refractivity contribution is -0.139. The van der Waals surface area contributed by atoms with Crippen molar-refractivity contribution in [3.05, 3.63) is 58.9 Å². The predicted octanol–water partition coefficient (Wildman–Crippen LogP) is 3.59. The number of hydrogen-bond acceptors (Lipinski definition) is 5. The zero-order valence-electron chi connectivity index (χ0n) is 20.4. The summed E-state index contributed by atoms with van der Waals surface area (Å²) in [4.78, 5) is 27.6. The monoisotopic (exact) mass is 527 g/mol. The van der Waals surface area contributed by atoms with Crippen LogP contribution in [-0.2, 0) is 26.2 Å². The Kier molecular flexibility index (Phi) is 9.91. The van der Waals surface area contributed by atoms with E-state index in [4.69, 9.17) is 16.3 Å². The second-order valence-electron chi connectivity index (χ2n) is 8.23. The van der Waals surface area contributed by atoms with Crippen LogP contribution in [0.3, 0.4) is 0 Å². The first-order valence-electron chi connectivity index (χ1n) is 11.0. The van der Waals surface area contributed by atoms with E-state index in [1.807, 2.05) is 13.8 Å². The Hall–Kier alpha value is -2.85. The van der Waals surface area contributed by atoms with Gasteiger partial charge < -0.3 is 15.0 Å². The average molecular weight is 528 g/mol. The molecule has 2 amide bonds. The summed E-state index contributed by atoms with van der Waals surface area (Å²) in [5, 5.41) is 2.58. The standard InChI is InChI=1S/C24H31ClFN3O5S/c1-6-16(2)27-24(31)17(3)28(14-18-7-10-20(34-4)11-8-18)23(30)15-29(35(5,32)33)19-9-12-22(26)21(25)13-19/h7-13,16-17H,6,14-15H2,1-5H3,(H,27,31)/t16-,17-/m1/s1. The van der Waals surface area contributed by atoms with Crippen LogP contribution in [0.5, 0.6) is 5.75 Å². The van der Waals surface area contributed by atoms with E-state index < -0.39 is 34.3 Å². The Bertz CT molecular complexity index is 1140. The minimum Gasteiger partial charge on any atom is -0.497 e. The molecular formula is C24H31ClFN3O5S. The molecule has 8 nitrogen and oxygen atoms in total. The molecule has 0 bridgehead atoms. The van der Waals surface area contributed by atoms with Gasteiger partial charge in [-0.2, -0.15) is 0 Å². The summed E-state index contributed by atoms with van der Waals surface area (Å²) in [7, 11) is -2.40. The van der Waals surface area contributed by atoms with E-state index >= 15 is 0 Å². The number of nitrogens with one attached hydrogen (secondary N) is 1. The lowest BCUT2D eigenvalue weighted by Gasteiger charge is -2.32. The number of carbonyl (C=O) groups excluding carboxylic acids is 2. The second kappa shape index (κ2) is 12.2. The van der Waals surface area contributed by atoms with Crippen LogP contribution in [0.25, 0.3) is 0 Å². The van der Waals surface area contributed by atoms with Crippen LogP contribution in [0.15, 0.2) is 42.5 Å². The van der Waals surface area contributed by atoms with Crippen LogP contribution in [0, 0.1) is 5.82 Å². The first kappa shape index (κ1) is 28.4. The maximum atomic E-state index is 13.6. The molecule has 35 heavy (non-hydrogen) atoms. The fourth-order valence-corrected chi connectivity index (χ4v) is 4.25. The topological polar surface area (TPSA) is 96.0 Å². The maximum Gasteiger partial charge on any atom is 0.244 e. The average Bonchev–Trinajstić information content (AvgIpc) is 2.81. The summed E-state index contributed by atoms with van der Waals surface area (Å²) in [5.74, 6) is -1.06. The van der Waals surface area contributed by atoms with E-state index in [1.54, 1.807) is 31.2 Å². The molecule has 2 aromatic carbocycles. The fraction of sp³-hybridized carbons (Fsp3) is 0.417. The third-order valence-corrected chi connectivity index (χ3v) is 6.98. The Morgan fingerprint density at radius 3 is 2.29 bits per heavy atom. The first-order chi connectivity index (χ1) is 16.4. The van der Waals surface area contributed by atoms with Gasteiger partial charge >= 0.3 is 0 Å². The minimum absolute atomic E-state index is 0.0355. The van der Waals surface area contributed by atoms with E-state index in [-0.39, 0.29) is 29.2 Å². The number of benzene rings is 2. The van der Waals surface area contributed by atoms with Gasteiger partial charge in [0, 0.05) is 12.6 Å². The normalized spacial score (nSPS) is 13.0. The van der Waals surface area contributed by atoms with Crippen molar-refractivity contribution in [3.63, 3.8) is 0 Å². The molecule has 11 heteroatoms. The van der Waals surface area contributed by atoms with E-state index in [1.165, 1.54) is 18.1 Å². The van der Waals surface area contributed by atoms with Crippen LogP contribution in [0.1, 0.15) is 32.8 Å². The van der Waals surface area contributed by atoms with Gasteiger partial charge in [0.2, 0.25) is 21.8 Å². The molecule has 0 aliphatic rings. The van der Waals surface area contributed by atoms with Gasteiger partial charge in [-0.15, -0.1) is 0 Å². The third kappa shape index (κ3) is 7.83. The molecule has 0 aromatic heterocycles. The summed E-state index contributed by atoms with van der Waals surface area (Å²) >= 11 is 5.84.